The lowest BCUT2D eigenvalue weighted by molar-refractivity contribution is 0.174. The summed E-state index contributed by atoms with van der Waals surface area (Å²) in [4.78, 5) is 19.6. The Bertz CT molecular complexity index is 1250. The van der Waals surface area contributed by atoms with Crippen LogP contribution in [0, 0.1) is 12.8 Å². The lowest BCUT2D eigenvalue weighted by atomic mass is 9.94. The predicted octanol–water partition coefficient (Wildman–Crippen LogP) is 5.32. The Morgan fingerprint density at radius 2 is 1.85 bits per heavy atom. The van der Waals surface area contributed by atoms with Gasteiger partial charge in [-0.2, -0.15) is 4.98 Å². The Hall–Kier alpha value is -3.81. The highest BCUT2D eigenvalue weighted by Gasteiger charge is 2.35. The fourth-order valence-corrected chi connectivity index (χ4v) is 4.21. The van der Waals surface area contributed by atoms with Gasteiger partial charge in [-0.05, 0) is 49.9 Å². The number of hydrogen-bond acceptors (Lipinski definition) is 6. The number of rotatable bonds is 6. The summed E-state index contributed by atoms with van der Waals surface area (Å²) in [5.41, 5.74) is 4.48. The normalized spacial score (nSPS) is 17.5. The standard InChI is InChI=1S/C26H28N4O4/c1-15(2)11-12-30-17(4)22(23(27-26(30)31)18-7-5-16(3)6-8-18)25-28-24(29-34-25)19-9-10-20-21(13-19)33-14-32-20/h5-10,13,15,23H,11-12,14H2,1-4H3,(H,27,31). The third-order valence-electron chi connectivity index (χ3n) is 6.22. The van der Waals surface area contributed by atoms with E-state index in [-0.39, 0.29) is 12.8 Å². The molecule has 2 aromatic carbocycles. The van der Waals surface area contributed by atoms with Crippen molar-refractivity contribution >= 4 is 11.6 Å². The Morgan fingerprint density at radius 1 is 1.09 bits per heavy atom. The number of carbonyl (C=O) groups is 1. The summed E-state index contributed by atoms with van der Waals surface area (Å²) in [7, 11) is 0. The minimum Gasteiger partial charge on any atom is -0.454 e. The number of aryl methyl sites for hydroxylation is 1. The summed E-state index contributed by atoms with van der Waals surface area (Å²) in [6, 6.07) is 13.1. The molecule has 176 valence electrons. The van der Waals surface area contributed by atoms with Gasteiger partial charge < -0.3 is 19.3 Å². The average Bonchev–Trinajstić information content (AvgIpc) is 3.48. The van der Waals surface area contributed by atoms with Crippen LogP contribution in [-0.4, -0.2) is 34.4 Å². The molecule has 0 radical (unpaired) electrons. The molecular formula is C26H28N4O4. The molecule has 0 saturated carbocycles. The molecule has 5 rings (SSSR count). The molecule has 3 aromatic rings. The van der Waals surface area contributed by atoms with Crippen LogP contribution in [0.15, 0.2) is 52.7 Å². The van der Waals surface area contributed by atoms with E-state index in [9.17, 15) is 4.79 Å². The molecule has 1 N–H and O–H groups in total. The maximum Gasteiger partial charge on any atom is 0.322 e. The van der Waals surface area contributed by atoms with Crippen molar-refractivity contribution in [3.8, 4) is 22.9 Å². The molecule has 1 atom stereocenters. The second kappa shape index (κ2) is 8.85. The van der Waals surface area contributed by atoms with Gasteiger partial charge in [0, 0.05) is 17.8 Å². The fourth-order valence-electron chi connectivity index (χ4n) is 4.21. The predicted molar refractivity (Wildman–Crippen MR) is 127 cm³/mol. The highest BCUT2D eigenvalue weighted by Crippen LogP contribution is 2.39. The van der Waals surface area contributed by atoms with E-state index in [2.05, 4.69) is 24.3 Å². The molecule has 8 nitrogen and oxygen atoms in total. The fraction of sp³-hybridized carbons (Fsp3) is 0.346. The summed E-state index contributed by atoms with van der Waals surface area (Å²) in [6.45, 7) is 9.09. The minimum absolute atomic E-state index is 0.122. The van der Waals surface area contributed by atoms with Crippen molar-refractivity contribution in [3.63, 3.8) is 0 Å². The van der Waals surface area contributed by atoms with Crippen LogP contribution in [0.5, 0.6) is 11.5 Å². The van der Waals surface area contributed by atoms with Crippen molar-refractivity contribution in [1.29, 1.82) is 0 Å². The quantitative estimate of drug-likeness (QED) is 0.536. The van der Waals surface area contributed by atoms with Gasteiger partial charge in [-0.3, -0.25) is 4.90 Å². The summed E-state index contributed by atoms with van der Waals surface area (Å²) in [6.07, 6.45) is 0.888. The Morgan fingerprint density at radius 3 is 2.62 bits per heavy atom. The van der Waals surface area contributed by atoms with Crippen LogP contribution in [-0.2, 0) is 0 Å². The third-order valence-corrected chi connectivity index (χ3v) is 6.22. The molecule has 1 aromatic heterocycles. The lowest BCUT2D eigenvalue weighted by Gasteiger charge is -2.35. The molecule has 0 bridgehead atoms. The monoisotopic (exact) mass is 460 g/mol. The number of nitrogens with zero attached hydrogens (tertiary/aromatic N) is 3. The molecule has 2 aliphatic rings. The van der Waals surface area contributed by atoms with Crippen LogP contribution in [0.25, 0.3) is 17.0 Å². The molecule has 0 spiro atoms. The first-order valence-electron chi connectivity index (χ1n) is 11.5. The number of fused-ring (bicyclic) bond motifs is 1. The first-order chi connectivity index (χ1) is 16.4. The zero-order valence-corrected chi connectivity index (χ0v) is 19.8. The van der Waals surface area contributed by atoms with Crippen molar-refractivity contribution in [2.75, 3.05) is 13.3 Å². The van der Waals surface area contributed by atoms with Gasteiger partial charge in [0.15, 0.2) is 11.5 Å². The van der Waals surface area contributed by atoms with Crippen molar-refractivity contribution in [1.82, 2.24) is 20.4 Å². The number of aromatic nitrogens is 2. The number of nitrogens with one attached hydrogen (secondary N) is 1. The zero-order valence-electron chi connectivity index (χ0n) is 19.8. The van der Waals surface area contributed by atoms with Crippen molar-refractivity contribution in [2.24, 2.45) is 5.92 Å². The Balaban J connectivity index is 1.55. The Labute approximate surface area is 198 Å². The van der Waals surface area contributed by atoms with Crippen molar-refractivity contribution in [3.05, 3.63) is 65.2 Å². The van der Waals surface area contributed by atoms with E-state index >= 15 is 0 Å². The zero-order chi connectivity index (χ0) is 23.8. The summed E-state index contributed by atoms with van der Waals surface area (Å²) >= 11 is 0. The van der Waals surface area contributed by atoms with E-state index < -0.39 is 6.04 Å². The van der Waals surface area contributed by atoms with E-state index in [0.717, 1.165) is 34.4 Å². The second-order valence-electron chi connectivity index (χ2n) is 9.12. The number of carbonyl (C=O) groups excluding carboxylic acids is 1. The van der Waals surface area contributed by atoms with Crippen LogP contribution >= 0.6 is 0 Å². The number of ether oxygens (including phenoxy) is 2. The number of benzene rings is 2. The van der Waals surface area contributed by atoms with Gasteiger partial charge in [-0.1, -0.05) is 48.8 Å². The summed E-state index contributed by atoms with van der Waals surface area (Å²) in [5, 5.41) is 7.39. The van der Waals surface area contributed by atoms with E-state index in [4.69, 9.17) is 19.0 Å². The molecule has 0 aliphatic carbocycles. The smallest absolute Gasteiger partial charge is 0.322 e. The summed E-state index contributed by atoms with van der Waals surface area (Å²) < 4.78 is 16.6. The van der Waals surface area contributed by atoms with Gasteiger partial charge in [0.2, 0.25) is 12.6 Å². The van der Waals surface area contributed by atoms with E-state index in [1.54, 1.807) is 4.90 Å². The van der Waals surface area contributed by atoms with Crippen molar-refractivity contribution in [2.45, 2.75) is 40.2 Å². The number of urea groups is 1. The molecule has 3 heterocycles. The van der Waals surface area contributed by atoms with E-state index in [1.807, 2.05) is 56.3 Å². The number of amides is 2. The molecule has 2 aliphatic heterocycles. The van der Waals surface area contributed by atoms with Gasteiger partial charge in [0.05, 0.1) is 11.6 Å². The summed E-state index contributed by atoms with van der Waals surface area (Å²) in [5.74, 6) is 2.65. The highest BCUT2D eigenvalue weighted by atomic mass is 16.7. The highest BCUT2D eigenvalue weighted by molar-refractivity contribution is 5.86. The lowest BCUT2D eigenvalue weighted by Crippen LogP contribution is -2.46. The van der Waals surface area contributed by atoms with Crippen LogP contribution < -0.4 is 14.8 Å². The maximum atomic E-state index is 13.1. The number of allylic oxidation sites excluding steroid dienone is 1. The van der Waals surface area contributed by atoms with Crippen molar-refractivity contribution < 1.29 is 18.8 Å². The van der Waals surface area contributed by atoms with Crippen LogP contribution in [0.3, 0.4) is 0 Å². The third kappa shape index (κ3) is 4.11. The molecular weight excluding hydrogens is 432 g/mol. The maximum absolute atomic E-state index is 13.1. The van der Waals surface area contributed by atoms with Crippen LogP contribution in [0.2, 0.25) is 0 Å². The van der Waals surface area contributed by atoms with Crippen LogP contribution in [0.4, 0.5) is 4.79 Å². The van der Waals surface area contributed by atoms with Gasteiger partial charge in [-0.25, -0.2) is 4.79 Å². The van der Waals surface area contributed by atoms with Crippen LogP contribution in [0.1, 0.15) is 50.3 Å². The molecule has 34 heavy (non-hydrogen) atoms. The molecule has 0 fully saturated rings. The number of hydrogen-bond donors (Lipinski definition) is 1. The SMILES string of the molecule is CC1=C(c2nc(-c3ccc4c(c3)OCO4)no2)C(c2ccc(C)cc2)NC(=O)N1CCC(C)C. The molecule has 8 heteroatoms. The van der Waals surface area contributed by atoms with Gasteiger partial charge in [-0.15, -0.1) is 0 Å². The van der Waals surface area contributed by atoms with Gasteiger partial charge in [0.1, 0.15) is 0 Å². The van der Waals surface area contributed by atoms with E-state index in [0.29, 0.717) is 35.7 Å². The molecule has 1 unspecified atom stereocenters. The van der Waals surface area contributed by atoms with Gasteiger partial charge in [0.25, 0.3) is 5.89 Å². The Kier molecular flexibility index (Phi) is 5.73. The average molecular weight is 461 g/mol. The molecule has 0 saturated heterocycles. The largest absolute Gasteiger partial charge is 0.454 e. The van der Waals surface area contributed by atoms with Gasteiger partial charge >= 0.3 is 6.03 Å². The topological polar surface area (TPSA) is 89.7 Å². The van der Waals surface area contributed by atoms with E-state index in [1.165, 1.54) is 0 Å². The molecule has 2 amide bonds. The second-order valence-corrected chi connectivity index (χ2v) is 9.12. The minimum atomic E-state index is -0.395. The first-order valence-corrected chi connectivity index (χ1v) is 11.5. The first kappa shape index (κ1) is 22.0.